The molecular formula is C27H31F4N3O4S. The number of benzene rings is 2. The summed E-state index contributed by atoms with van der Waals surface area (Å²) in [4.78, 5) is 27.0. The van der Waals surface area contributed by atoms with Crippen molar-refractivity contribution in [3.8, 4) is 11.4 Å². The van der Waals surface area contributed by atoms with Crippen LogP contribution in [0.4, 0.5) is 17.6 Å². The topological polar surface area (TPSA) is 85.5 Å². The second kappa shape index (κ2) is 10.5. The lowest BCUT2D eigenvalue weighted by Crippen LogP contribution is -2.48. The van der Waals surface area contributed by atoms with Crippen LogP contribution >= 0.6 is 11.8 Å². The predicted octanol–water partition coefficient (Wildman–Crippen LogP) is 5.38. The van der Waals surface area contributed by atoms with Crippen LogP contribution in [-0.2, 0) is 0 Å². The van der Waals surface area contributed by atoms with Crippen molar-refractivity contribution in [1.29, 1.82) is 0 Å². The number of alkyl halides is 4. The molecule has 0 spiro atoms. The summed E-state index contributed by atoms with van der Waals surface area (Å²) in [5.41, 5.74) is -1.28. The minimum absolute atomic E-state index is 0.0821. The van der Waals surface area contributed by atoms with Gasteiger partial charge in [-0.25, -0.2) is 4.79 Å². The quantitative estimate of drug-likeness (QED) is 0.356. The Balaban J connectivity index is 1.83. The number of fused-ring (bicyclic) bond motifs is 1. The molecule has 0 aliphatic carbocycles. The van der Waals surface area contributed by atoms with Crippen molar-refractivity contribution >= 4 is 28.7 Å². The number of ether oxygens (including phenoxy) is 1. The molecule has 1 aliphatic rings. The molecule has 3 aromatic rings. The maximum Gasteiger partial charge on any atom is 0.461 e. The third kappa shape index (κ3) is 5.96. The summed E-state index contributed by atoms with van der Waals surface area (Å²) in [6.07, 6.45) is -7.11. The van der Waals surface area contributed by atoms with Crippen molar-refractivity contribution in [2.45, 2.75) is 70.3 Å². The molecule has 7 nitrogen and oxygen atoms in total. The van der Waals surface area contributed by atoms with Gasteiger partial charge in [-0.05, 0) is 82.4 Å². The van der Waals surface area contributed by atoms with E-state index in [2.05, 4.69) is 10.1 Å². The zero-order valence-electron chi connectivity index (χ0n) is 22.0. The Morgan fingerprint density at radius 2 is 1.79 bits per heavy atom. The van der Waals surface area contributed by atoms with E-state index in [0.717, 1.165) is 36.5 Å². The fraction of sp³-hybridized carbons (Fsp3) is 0.481. The van der Waals surface area contributed by atoms with E-state index in [1.54, 1.807) is 25.1 Å². The lowest BCUT2D eigenvalue weighted by Gasteiger charge is -2.34. The number of imidazole rings is 1. The summed E-state index contributed by atoms with van der Waals surface area (Å²) in [6.45, 7) is 6.71. The molecule has 39 heavy (non-hydrogen) atoms. The second-order valence-electron chi connectivity index (χ2n) is 10.6. The summed E-state index contributed by atoms with van der Waals surface area (Å²) in [5, 5.41) is 13.8. The lowest BCUT2D eigenvalue weighted by atomic mass is 9.94. The molecule has 0 bridgehead atoms. The molecule has 12 heteroatoms. The van der Waals surface area contributed by atoms with Gasteiger partial charge in [0.1, 0.15) is 5.75 Å². The average Bonchev–Trinajstić information content (AvgIpc) is 3.13. The van der Waals surface area contributed by atoms with Gasteiger partial charge in [-0.1, -0.05) is 6.07 Å². The van der Waals surface area contributed by atoms with E-state index in [0.29, 0.717) is 16.6 Å². The first kappa shape index (κ1) is 29.0. The van der Waals surface area contributed by atoms with Gasteiger partial charge in [0.05, 0.1) is 28.4 Å². The highest BCUT2D eigenvalue weighted by Crippen LogP contribution is 2.32. The molecule has 2 heterocycles. The van der Waals surface area contributed by atoms with Gasteiger partial charge in [0.25, 0.3) is 5.91 Å². The molecule has 1 atom stereocenters. The maximum atomic E-state index is 13.7. The number of aliphatic hydroxyl groups is 1. The lowest BCUT2D eigenvalue weighted by molar-refractivity contribution is -0.253. The van der Waals surface area contributed by atoms with E-state index >= 15 is 0 Å². The van der Waals surface area contributed by atoms with Crippen molar-refractivity contribution in [1.82, 2.24) is 14.5 Å². The number of hydrogen-bond donors (Lipinski definition) is 2. The zero-order chi connectivity index (χ0) is 28.8. The summed E-state index contributed by atoms with van der Waals surface area (Å²) < 4.78 is 59.2. The molecule has 1 saturated heterocycles. The SMILES string of the molecule is CC(n1c(=O)n(-c2cccc(OC(F)(F)C(F)F)c2)c2ccc(C(=O)NC3(C)CCSCC3)cc21)C(C)(C)O. The van der Waals surface area contributed by atoms with Gasteiger partial charge in [0.2, 0.25) is 0 Å². The Kier molecular flexibility index (Phi) is 7.83. The van der Waals surface area contributed by atoms with E-state index < -0.39 is 35.6 Å². The van der Waals surface area contributed by atoms with Gasteiger partial charge in [-0.15, -0.1) is 0 Å². The highest BCUT2D eigenvalue weighted by molar-refractivity contribution is 7.99. The third-order valence-electron chi connectivity index (χ3n) is 7.14. The van der Waals surface area contributed by atoms with Crippen LogP contribution in [0.15, 0.2) is 47.3 Å². The number of hydrogen-bond acceptors (Lipinski definition) is 5. The van der Waals surface area contributed by atoms with Crippen molar-refractivity contribution in [2.75, 3.05) is 11.5 Å². The third-order valence-corrected chi connectivity index (χ3v) is 8.13. The smallest absolute Gasteiger partial charge is 0.428 e. The monoisotopic (exact) mass is 569 g/mol. The van der Waals surface area contributed by atoms with Crippen LogP contribution in [0.5, 0.6) is 5.75 Å². The largest absolute Gasteiger partial charge is 0.461 e. The fourth-order valence-electron chi connectivity index (χ4n) is 4.48. The van der Waals surface area contributed by atoms with Crippen LogP contribution in [0.3, 0.4) is 0 Å². The Morgan fingerprint density at radius 3 is 2.41 bits per heavy atom. The Labute approximate surface area is 227 Å². The van der Waals surface area contributed by atoms with Crippen LogP contribution in [0.2, 0.25) is 0 Å². The van der Waals surface area contributed by atoms with Crippen LogP contribution < -0.4 is 15.7 Å². The number of carbonyl (C=O) groups is 1. The average molecular weight is 570 g/mol. The van der Waals surface area contributed by atoms with Gasteiger partial charge >= 0.3 is 18.2 Å². The van der Waals surface area contributed by atoms with Gasteiger partial charge in [0, 0.05) is 17.2 Å². The van der Waals surface area contributed by atoms with E-state index in [1.165, 1.54) is 35.1 Å². The number of thioether (sulfide) groups is 1. The molecule has 2 aromatic carbocycles. The summed E-state index contributed by atoms with van der Waals surface area (Å²) in [5.74, 6) is 1.01. The van der Waals surface area contributed by atoms with Crippen LogP contribution in [-0.4, -0.2) is 55.3 Å². The maximum absolute atomic E-state index is 13.7. The highest BCUT2D eigenvalue weighted by atomic mass is 32.2. The van der Waals surface area contributed by atoms with E-state index in [9.17, 15) is 32.3 Å². The summed E-state index contributed by atoms with van der Waals surface area (Å²) in [7, 11) is 0. The molecule has 0 radical (unpaired) electrons. The standard InChI is InChI=1S/C27H31F4N3O4S/c1-16(25(2,3)37)33-21-14-17(22(35)32-26(4)10-12-39-13-11-26)8-9-20(21)34(24(33)36)18-6-5-7-19(15-18)38-27(30,31)23(28)29/h5-9,14-16,23,37H,10-13H2,1-4H3,(H,32,35). The zero-order valence-corrected chi connectivity index (χ0v) is 22.8. The molecule has 212 valence electrons. The van der Waals surface area contributed by atoms with Crippen molar-refractivity contribution < 1.29 is 32.2 Å². The molecule has 2 N–H and O–H groups in total. The van der Waals surface area contributed by atoms with E-state index in [1.807, 2.05) is 18.7 Å². The minimum atomic E-state index is -4.72. The van der Waals surface area contributed by atoms with Crippen molar-refractivity contribution in [3.05, 3.63) is 58.5 Å². The predicted molar refractivity (Wildman–Crippen MR) is 143 cm³/mol. The Bertz CT molecular complexity index is 1420. The first-order valence-electron chi connectivity index (χ1n) is 12.5. The van der Waals surface area contributed by atoms with E-state index in [4.69, 9.17) is 0 Å². The summed E-state index contributed by atoms with van der Waals surface area (Å²) in [6, 6.07) is 8.77. The molecule has 1 aliphatic heterocycles. The number of amides is 1. The molecule has 0 saturated carbocycles. The number of halogens is 4. The molecule has 1 aromatic heterocycles. The van der Waals surface area contributed by atoms with E-state index in [-0.39, 0.29) is 17.1 Å². The number of nitrogens with zero attached hydrogens (tertiary/aromatic N) is 2. The second-order valence-corrected chi connectivity index (χ2v) is 11.8. The summed E-state index contributed by atoms with van der Waals surface area (Å²) >= 11 is 1.83. The molecule has 1 amide bonds. The number of nitrogens with one attached hydrogen (secondary N) is 1. The van der Waals surface area contributed by atoms with Crippen LogP contribution in [0, 0.1) is 0 Å². The number of rotatable bonds is 8. The van der Waals surface area contributed by atoms with Crippen molar-refractivity contribution in [3.63, 3.8) is 0 Å². The Hall–Kier alpha value is -2.99. The Morgan fingerprint density at radius 1 is 1.13 bits per heavy atom. The van der Waals surface area contributed by atoms with Gasteiger partial charge in [-0.2, -0.15) is 29.3 Å². The van der Waals surface area contributed by atoms with Gasteiger partial charge < -0.3 is 15.2 Å². The first-order valence-corrected chi connectivity index (χ1v) is 13.6. The molecule has 1 fully saturated rings. The first-order chi connectivity index (χ1) is 18.1. The van der Waals surface area contributed by atoms with Crippen molar-refractivity contribution in [2.24, 2.45) is 0 Å². The normalized spacial score (nSPS) is 16.9. The fourth-order valence-corrected chi connectivity index (χ4v) is 5.88. The minimum Gasteiger partial charge on any atom is -0.428 e. The molecular weight excluding hydrogens is 538 g/mol. The van der Waals surface area contributed by atoms with Gasteiger partial charge in [0.15, 0.2) is 0 Å². The molecule has 4 rings (SSSR count). The number of carbonyl (C=O) groups excluding carboxylic acids is 1. The highest BCUT2D eigenvalue weighted by Gasteiger charge is 2.44. The molecule has 1 unspecified atom stereocenters. The number of aromatic nitrogens is 2. The van der Waals surface area contributed by atoms with Gasteiger partial charge in [-0.3, -0.25) is 13.9 Å². The van der Waals surface area contributed by atoms with Crippen LogP contribution in [0.25, 0.3) is 16.7 Å². The van der Waals surface area contributed by atoms with Crippen LogP contribution in [0.1, 0.15) is 56.9 Å².